The van der Waals surface area contributed by atoms with E-state index in [0.29, 0.717) is 18.1 Å². The molecule has 0 fully saturated rings. The number of aromatic nitrogens is 3. The SMILES string of the molecule is COc1ccc(Cl)cc1S(=O)(=O)Nc1cnc2c(c1)-c1ccnn1[C@H](C)CO2. The van der Waals surface area contributed by atoms with Crippen molar-refractivity contribution in [3.05, 3.63) is 47.7 Å². The monoisotopic (exact) mass is 420 g/mol. The average molecular weight is 421 g/mol. The first-order valence-electron chi connectivity index (χ1n) is 8.42. The van der Waals surface area contributed by atoms with Crippen molar-refractivity contribution in [2.75, 3.05) is 18.4 Å². The van der Waals surface area contributed by atoms with Crippen molar-refractivity contribution in [3.8, 4) is 22.9 Å². The molecule has 4 rings (SSSR count). The molecular weight excluding hydrogens is 404 g/mol. The molecule has 0 aliphatic carbocycles. The number of hydrogen-bond donors (Lipinski definition) is 1. The molecule has 0 radical (unpaired) electrons. The number of hydrogen-bond acceptors (Lipinski definition) is 6. The summed E-state index contributed by atoms with van der Waals surface area (Å²) in [5.74, 6) is 0.615. The van der Waals surface area contributed by atoms with E-state index in [0.717, 1.165) is 5.69 Å². The number of sulfonamides is 1. The van der Waals surface area contributed by atoms with E-state index in [1.54, 1.807) is 18.3 Å². The minimum Gasteiger partial charge on any atom is -0.495 e. The standard InChI is InChI=1S/C18H17ClN4O4S/c1-11-10-27-18-14(15-5-6-21-23(11)15)8-13(9-20-18)22-28(24,25)17-7-12(19)3-4-16(17)26-2/h3-9,11,22H,10H2,1-2H3/t11-/m1/s1. The highest BCUT2D eigenvalue weighted by molar-refractivity contribution is 7.92. The van der Waals surface area contributed by atoms with Gasteiger partial charge in [0.05, 0.1) is 36.3 Å². The van der Waals surface area contributed by atoms with Crippen LogP contribution in [0.15, 0.2) is 47.6 Å². The minimum absolute atomic E-state index is 0.0232. The molecule has 0 amide bonds. The number of nitrogens with one attached hydrogen (secondary N) is 1. The number of anilines is 1. The van der Waals surface area contributed by atoms with Crippen LogP contribution in [0.1, 0.15) is 13.0 Å². The van der Waals surface area contributed by atoms with Crippen molar-refractivity contribution in [2.24, 2.45) is 0 Å². The van der Waals surface area contributed by atoms with Crippen LogP contribution in [0.25, 0.3) is 11.3 Å². The molecule has 8 nitrogen and oxygen atoms in total. The van der Waals surface area contributed by atoms with E-state index >= 15 is 0 Å². The summed E-state index contributed by atoms with van der Waals surface area (Å²) in [6.45, 7) is 2.40. The summed E-state index contributed by atoms with van der Waals surface area (Å²) in [4.78, 5) is 4.22. The summed E-state index contributed by atoms with van der Waals surface area (Å²) >= 11 is 5.97. The fourth-order valence-corrected chi connectivity index (χ4v) is 4.49. The van der Waals surface area contributed by atoms with E-state index in [1.165, 1.54) is 25.4 Å². The van der Waals surface area contributed by atoms with Gasteiger partial charge in [0.1, 0.15) is 17.3 Å². The van der Waals surface area contributed by atoms with Gasteiger partial charge in [-0.1, -0.05) is 11.6 Å². The third-order valence-corrected chi connectivity index (χ3v) is 5.98. The van der Waals surface area contributed by atoms with Gasteiger partial charge in [-0.3, -0.25) is 9.40 Å². The summed E-state index contributed by atoms with van der Waals surface area (Å²) in [5, 5.41) is 4.60. The topological polar surface area (TPSA) is 95.3 Å². The van der Waals surface area contributed by atoms with Gasteiger partial charge in [0, 0.05) is 11.2 Å². The van der Waals surface area contributed by atoms with Gasteiger partial charge >= 0.3 is 0 Å². The zero-order valence-corrected chi connectivity index (χ0v) is 16.7. The van der Waals surface area contributed by atoms with Crippen LogP contribution in [-0.4, -0.2) is 36.9 Å². The molecule has 28 heavy (non-hydrogen) atoms. The summed E-state index contributed by atoms with van der Waals surface area (Å²) < 4.78 is 41.0. The number of benzene rings is 1. The second kappa shape index (κ2) is 6.99. The van der Waals surface area contributed by atoms with E-state index in [1.807, 2.05) is 17.7 Å². The van der Waals surface area contributed by atoms with E-state index in [4.69, 9.17) is 21.1 Å². The smallest absolute Gasteiger partial charge is 0.265 e. The summed E-state index contributed by atoms with van der Waals surface area (Å²) in [5.41, 5.74) is 1.74. The number of fused-ring (bicyclic) bond motifs is 3. The molecule has 0 bridgehead atoms. The van der Waals surface area contributed by atoms with Crippen molar-refractivity contribution in [1.82, 2.24) is 14.8 Å². The van der Waals surface area contributed by atoms with Gasteiger partial charge in [0.2, 0.25) is 5.88 Å². The maximum absolute atomic E-state index is 12.9. The lowest BCUT2D eigenvalue weighted by atomic mass is 10.2. The Hall–Kier alpha value is -2.78. The number of nitrogens with zero attached hydrogens (tertiary/aromatic N) is 3. The van der Waals surface area contributed by atoms with Gasteiger partial charge < -0.3 is 9.47 Å². The minimum atomic E-state index is -3.95. The van der Waals surface area contributed by atoms with Crippen molar-refractivity contribution < 1.29 is 17.9 Å². The summed E-state index contributed by atoms with van der Waals surface area (Å²) in [6, 6.07) is 7.92. The molecule has 0 unspecified atom stereocenters. The van der Waals surface area contributed by atoms with Crippen LogP contribution in [0.3, 0.4) is 0 Å². The molecule has 1 N–H and O–H groups in total. The average Bonchev–Trinajstić information content (AvgIpc) is 3.11. The van der Waals surface area contributed by atoms with Crippen molar-refractivity contribution in [3.63, 3.8) is 0 Å². The Morgan fingerprint density at radius 1 is 1.32 bits per heavy atom. The van der Waals surface area contributed by atoms with Crippen LogP contribution in [0.2, 0.25) is 5.02 Å². The van der Waals surface area contributed by atoms with E-state index in [2.05, 4.69) is 14.8 Å². The zero-order valence-electron chi connectivity index (χ0n) is 15.1. The lowest BCUT2D eigenvalue weighted by Gasteiger charge is -2.13. The number of ether oxygens (including phenoxy) is 2. The molecule has 1 aromatic carbocycles. The fraction of sp³-hybridized carbons (Fsp3) is 0.222. The molecular formula is C18H17ClN4O4S. The number of pyridine rings is 1. The highest BCUT2D eigenvalue weighted by Crippen LogP contribution is 2.36. The van der Waals surface area contributed by atoms with Gasteiger partial charge in [-0.05, 0) is 37.3 Å². The van der Waals surface area contributed by atoms with Gasteiger partial charge in [0.25, 0.3) is 10.0 Å². The van der Waals surface area contributed by atoms with Gasteiger partial charge in [-0.15, -0.1) is 0 Å². The van der Waals surface area contributed by atoms with Gasteiger partial charge in [-0.2, -0.15) is 5.10 Å². The van der Waals surface area contributed by atoms with Gasteiger partial charge in [-0.25, -0.2) is 13.4 Å². The molecule has 10 heteroatoms. The first-order chi connectivity index (χ1) is 13.4. The molecule has 3 heterocycles. The van der Waals surface area contributed by atoms with Crippen molar-refractivity contribution in [1.29, 1.82) is 0 Å². The molecule has 1 atom stereocenters. The second-order valence-corrected chi connectivity index (χ2v) is 8.39. The molecule has 1 aliphatic rings. The molecule has 0 saturated heterocycles. The molecule has 1 aliphatic heterocycles. The maximum atomic E-state index is 12.9. The van der Waals surface area contributed by atoms with Crippen molar-refractivity contribution >= 4 is 27.3 Å². The molecule has 146 valence electrons. The Morgan fingerprint density at radius 2 is 2.14 bits per heavy atom. The quantitative estimate of drug-likeness (QED) is 0.695. The Bertz CT molecular complexity index is 1150. The normalized spacial score (nSPS) is 15.8. The molecule has 0 saturated carbocycles. The number of methoxy groups -OCH3 is 1. The largest absolute Gasteiger partial charge is 0.495 e. The predicted molar refractivity (Wildman–Crippen MR) is 104 cm³/mol. The van der Waals surface area contributed by atoms with E-state index in [-0.39, 0.29) is 27.4 Å². The highest BCUT2D eigenvalue weighted by atomic mass is 35.5. The highest BCUT2D eigenvalue weighted by Gasteiger charge is 2.24. The fourth-order valence-electron chi connectivity index (χ4n) is 3.03. The predicted octanol–water partition coefficient (Wildman–Crippen LogP) is 3.36. The zero-order chi connectivity index (χ0) is 19.9. The third kappa shape index (κ3) is 3.27. The lowest BCUT2D eigenvalue weighted by molar-refractivity contribution is 0.252. The molecule has 2 aromatic heterocycles. The second-order valence-electron chi connectivity index (χ2n) is 6.30. The third-order valence-electron chi connectivity index (χ3n) is 4.34. The number of halogens is 1. The van der Waals surface area contributed by atoms with Crippen LogP contribution in [0, 0.1) is 0 Å². The maximum Gasteiger partial charge on any atom is 0.265 e. The first kappa shape index (κ1) is 18.6. The van der Waals surface area contributed by atoms with Crippen LogP contribution in [-0.2, 0) is 10.0 Å². The Morgan fingerprint density at radius 3 is 2.93 bits per heavy atom. The molecule has 0 spiro atoms. The van der Waals surface area contributed by atoms with Crippen LogP contribution < -0.4 is 14.2 Å². The Balaban J connectivity index is 1.74. The first-order valence-corrected chi connectivity index (χ1v) is 10.3. The van der Waals surface area contributed by atoms with E-state index in [9.17, 15) is 8.42 Å². The number of rotatable bonds is 4. The van der Waals surface area contributed by atoms with E-state index < -0.39 is 10.0 Å². The molecule has 3 aromatic rings. The lowest BCUT2D eigenvalue weighted by Crippen LogP contribution is -2.14. The van der Waals surface area contributed by atoms with Crippen LogP contribution in [0.5, 0.6) is 11.6 Å². The van der Waals surface area contributed by atoms with Gasteiger partial charge in [0.15, 0.2) is 0 Å². The summed E-state index contributed by atoms with van der Waals surface area (Å²) in [6.07, 6.45) is 3.10. The summed E-state index contributed by atoms with van der Waals surface area (Å²) in [7, 11) is -2.56. The van der Waals surface area contributed by atoms with Crippen molar-refractivity contribution in [2.45, 2.75) is 17.9 Å². The van der Waals surface area contributed by atoms with Crippen LogP contribution in [0.4, 0.5) is 5.69 Å². The van der Waals surface area contributed by atoms with Crippen LogP contribution >= 0.6 is 11.6 Å². The Labute approximate surface area is 167 Å². The Kier molecular flexibility index (Phi) is 4.64.